The maximum atomic E-state index is 12.9. The third-order valence-corrected chi connectivity index (χ3v) is 4.16. The van der Waals surface area contributed by atoms with Gasteiger partial charge in [0.1, 0.15) is 5.82 Å². The van der Waals surface area contributed by atoms with E-state index in [1.54, 1.807) is 0 Å². The van der Waals surface area contributed by atoms with Gasteiger partial charge in [-0.1, -0.05) is 53.0 Å². The van der Waals surface area contributed by atoms with Gasteiger partial charge < -0.3 is 5.32 Å². The van der Waals surface area contributed by atoms with Gasteiger partial charge in [0.05, 0.1) is 20.6 Å². The number of carbonyl (C=O) groups is 1. The zero-order valence-electron chi connectivity index (χ0n) is 9.23. The van der Waals surface area contributed by atoms with E-state index in [9.17, 15) is 9.18 Å². The smallest absolute Gasteiger partial charge is 0.238 e. The van der Waals surface area contributed by atoms with E-state index in [0.29, 0.717) is 0 Å². The topological polar surface area (TPSA) is 29.1 Å². The number of nitrogens with one attached hydrogen (secondary N) is 1. The second kappa shape index (κ2) is 6.03. The highest BCUT2D eigenvalue weighted by molar-refractivity contribution is 9.10. The van der Waals surface area contributed by atoms with Crippen molar-refractivity contribution >= 4 is 50.7 Å². The molecule has 6 heteroatoms. The van der Waals surface area contributed by atoms with Crippen LogP contribution in [-0.2, 0) is 4.79 Å². The second-order valence-corrected chi connectivity index (χ2v) is 5.68. The van der Waals surface area contributed by atoms with Crippen molar-refractivity contribution in [2.75, 3.05) is 5.32 Å². The van der Waals surface area contributed by atoms with Crippen LogP contribution in [0.3, 0.4) is 0 Å². The lowest BCUT2D eigenvalue weighted by molar-refractivity contribution is -0.116. The number of hydrogen-bond donors (Lipinski definition) is 1. The summed E-state index contributed by atoms with van der Waals surface area (Å²) in [5.41, 5.74) is 0.227. The van der Waals surface area contributed by atoms with Gasteiger partial charge >= 0.3 is 0 Å². The van der Waals surface area contributed by atoms with Crippen LogP contribution in [0.5, 0.6) is 0 Å². The average molecular weight is 343 g/mol. The number of alkyl halides is 1. The van der Waals surface area contributed by atoms with Crippen LogP contribution in [0.1, 0.15) is 13.8 Å². The van der Waals surface area contributed by atoms with Gasteiger partial charge in [0.2, 0.25) is 5.91 Å². The predicted octanol–water partition coefficient (Wildman–Crippen LogP) is 4.49. The lowest BCUT2D eigenvalue weighted by Crippen LogP contribution is -2.27. The minimum atomic E-state index is -0.544. The van der Waals surface area contributed by atoms with Crippen LogP contribution in [0.4, 0.5) is 10.1 Å². The quantitative estimate of drug-likeness (QED) is 0.805. The summed E-state index contributed by atoms with van der Waals surface area (Å²) in [6.45, 7) is 3.79. The molecule has 1 aromatic rings. The molecule has 94 valence electrons. The van der Waals surface area contributed by atoms with Crippen LogP contribution in [0, 0.1) is 11.7 Å². The summed E-state index contributed by atoms with van der Waals surface area (Å²) >= 11 is 14.9. The summed E-state index contributed by atoms with van der Waals surface area (Å²) in [4.78, 5) is 11.4. The highest BCUT2D eigenvalue weighted by Crippen LogP contribution is 2.32. The molecule has 0 spiro atoms. The molecule has 0 aliphatic rings. The van der Waals surface area contributed by atoms with E-state index < -0.39 is 5.82 Å². The number of anilines is 1. The molecule has 0 radical (unpaired) electrons. The SMILES string of the molecule is CC(C)C(Br)C(=O)Nc1c(Cl)cc(F)cc1Cl. The summed E-state index contributed by atoms with van der Waals surface area (Å²) in [6.07, 6.45) is 0. The van der Waals surface area contributed by atoms with E-state index >= 15 is 0 Å². The normalized spacial score (nSPS) is 12.6. The summed E-state index contributed by atoms with van der Waals surface area (Å²) in [5.74, 6) is -0.694. The minimum absolute atomic E-state index is 0.0757. The first kappa shape index (κ1) is 14.7. The Kier molecular flexibility index (Phi) is 5.22. The molecule has 0 fully saturated rings. The van der Waals surface area contributed by atoms with E-state index in [1.807, 2.05) is 13.8 Å². The Morgan fingerprint density at radius 3 is 2.24 bits per heavy atom. The van der Waals surface area contributed by atoms with Crippen molar-refractivity contribution in [2.24, 2.45) is 5.92 Å². The summed E-state index contributed by atoms with van der Waals surface area (Å²) in [5, 5.41) is 2.72. The molecule has 1 unspecified atom stereocenters. The largest absolute Gasteiger partial charge is 0.323 e. The highest BCUT2D eigenvalue weighted by Gasteiger charge is 2.20. The van der Waals surface area contributed by atoms with Crippen LogP contribution in [0.2, 0.25) is 10.0 Å². The molecule has 1 aromatic carbocycles. The van der Waals surface area contributed by atoms with Gasteiger partial charge in [0, 0.05) is 0 Å². The standard InChI is InChI=1S/C11H11BrCl2FNO/c1-5(2)9(12)11(17)16-10-7(13)3-6(15)4-8(10)14/h3-5,9H,1-2H3,(H,16,17). The van der Waals surface area contributed by atoms with Gasteiger partial charge in [0.15, 0.2) is 0 Å². The minimum Gasteiger partial charge on any atom is -0.323 e. The average Bonchev–Trinajstić information content (AvgIpc) is 2.21. The lowest BCUT2D eigenvalue weighted by atomic mass is 10.1. The number of carbonyl (C=O) groups excluding carboxylic acids is 1. The van der Waals surface area contributed by atoms with Gasteiger partial charge in [-0.2, -0.15) is 0 Å². The molecule has 1 atom stereocenters. The Hall–Kier alpha value is -0.320. The molecule has 0 aliphatic heterocycles. The summed E-state index contributed by atoms with van der Waals surface area (Å²) in [6, 6.07) is 2.20. The van der Waals surface area contributed by atoms with Crippen molar-refractivity contribution in [1.82, 2.24) is 0 Å². The van der Waals surface area contributed by atoms with Crippen LogP contribution < -0.4 is 5.32 Å². The molecule has 0 saturated heterocycles. The van der Waals surface area contributed by atoms with Crippen molar-refractivity contribution in [3.8, 4) is 0 Å². The Morgan fingerprint density at radius 1 is 1.35 bits per heavy atom. The fourth-order valence-corrected chi connectivity index (χ4v) is 1.83. The van der Waals surface area contributed by atoms with E-state index in [4.69, 9.17) is 23.2 Å². The van der Waals surface area contributed by atoms with Crippen molar-refractivity contribution in [3.63, 3.8) is 0 Å². The number of rotatable bonds is 3. The molecule has 1 amide bonds. The van der Waals surface area contributed by atoms with Crippen LogP contribution in [0.25, 0.3) is 0 Å². The van der Waals surface area contributed by atoms with Crippen molar-refractivity contribution in [1.29, 1.82) is 0 Å². The second-order valence-electron chi connectivity index (χ2n) is 3.88. The van der Waals surface area contributed by atoms with Gasteiger partial charge in [-0.15, -0.1) is 0 Å². The number of benzene rings is 1. The molecule has 0 heterocycles. The molecular weight excluding hydrogens is 332 g/mol. The van der Waals surface area contributed by atoms with Gasteiger partial charge in [-0.25, -0.2) is 4.39 Å². The Labute approximate surface area is 118 Å². The van der Waals surface area contributed by atoms with E-state index in [-0.39, 0.29) is 32.4 Å². The molecule has 0 aliphatic carbocycles. The Bertz CT molecular complexity index is 416. The number of hydrogen-bond acceptors (Lipinski definition) is 1. The first-order valence-corrected chi connectivity index (χ1v) is 6.59. The fourth-order valence-electron chi connectivity index (χ4n) is 1.16. The fraction of sp³-hybridized carbons (Fsp3) is 0.364. The van der Waals surface area contributed by atoms with Crippen LogP contribution >= 0.6 is 39.1 Å². The van der Waals surface area contributed by atoms with Gasteiger partial charge in [0.25, 0.3) is 0 Å². The summed E-state index contributed by atoms with van der Waals surface area (Å²) in [7, 11) is 0. The number of amides is 1. The van der Waals surface area contributed by atoms with Crippen molar-refractivity contribution in [2.45, 2.75) is 18.7 Å². The zero-order valence-corrected chi connectivity index (χ0v) is 12.3. The van der Waals surface area contributed by atoms with Gasteiger partial charge in [-0.05, 0) is 18.1 Å². The maximum Gasteiger partial charge on any atom is 0.238 e. The molecule has 0 aromatic heterocycles. The monoisotopic (exact) mass is 341 g/mol. The van der Waals surface area contributed by atoms with E-state index in [0.717, 1.165) is 12.1 Å². The highest BCUT2D eigenvalue weighted by atomic mass is 79.9. The molecule has 1 rings (SSSR count). The van der Waals surface area contributed by atoms with Crippen molar-refractivity contribution < 1.29 is 9.18 Å². The molecule has 1 N–H and O–H groups in total. The van der Waals surface area contributed by atoms with E-state index in [1.165, 1.54) is 0 Å². The van der Waals surface area contributed by atoms with Gasteiger partial charge in [-0.3, -0.25) is 4.79 Å². The molecule has 17 heavy (non-hydrogen) atoms. The Morgan fingerprint density at radius 2 is 1.82 bits per heavy atom. The maximum absolute atomic E-state index is 12.9. The first-order valence-electron chi connectivity index (χ1n) is 4.92. The molecule has 0 bridgehead atoms. The lowest BCUT2D eigenvalue weighted by Gasteiger charge is -2.15. The van der Waals surface area contributed by atoms with Crippen LogP contribution in [0.15, 0.2) is 12.1 Å². The van der Waals surface area contributed by atoms with E-state index in [2.05, 4.69) is 21.2 Å². The first-order chi connectivity index (χ1) is 7.82. The zero-order chi connectivity index (χ0) is 13.2. The van der Waals surface area contributed by atoms with Crippen molar-refractivity contribution in [3.05, 3.63) is 28.0 Å². The predicted molar refractivity (Wildman–Crippen MR) is 72.6 cm³/mol. The third-order valence-electron chi connectivity index (χ3n) is 2.09. The Balaban J connectivity index is 2.93. The third kappa shape index (κ3) is 3.83. The van der Waals surface area contributed by atoms with Crippen LogP contribution in [-0.4, -0.2) is 10.7 Å². The molecular formula is C11H11BrCl2FNO. The molecule has 2 nitrogen and oxygen atoms in total. The molecule has 0 saturated carbocycles. The summed E-state index contributed by atoms with van der Waals surface area (Å²) < 4.78 is 12.9. The number of halogens is 4.